The molecule has 2 aromatic rings. The van der Waals surface area contributed by atoms with Crippen molar-refractivity contribution in [1.29, 1.82) is 0 Å². The number of nitrogens with one attached hydrogen (secondary N) is 1. The van der Waals surface area contributed by atoms with Crippen LogP contribution in [0.4, 0.5) is 11.4 Å². The predicted molar refractivity (Wildman–Crippen MR) is 78.0 cm³/mol. The van der Waals surface area contributed by atoms with Crippen molar-refractivity contribution in [3.8, 4) is 5.75 Å². The molecule has 0 aromatic heterocycles. The van der Waals surface area contributed by atoms with Crippen molar-refractivity contribution >= 4 is 11.4 Å². The second kappa shape index (κ2) is 5.61. The number of anilines is 1. The van der Waals surface area contributed by atoms with E-state index in [2.05, 4.69) is 5.32 Å². The van der Waals surface area contributed by atoms with Crippen LogP contribution in [0.1, 0.15) is 16.7 Å². The Morgan fingerprint density at radius 2 is 1.90 bits per heavy atom. The molecule has 0 fully saturated rings. The molecule has 5 nitrogen and oxygen atoms in total. The fourth-order valence-corrected chi connectivity index (χ4v) is 1.96. The molecule has 0 amide bonds. The highest BCUT2D eigenvalue weighted by atomic mass is 16.6. The van der Waals surface area contributed by atoms with Gasteiger partial charge in [0, 0.05) is 12.6 Å². The Hall–Kier alpha value is -2.56. The van der Waals surface area contributed by atoms with Crippen LogP contribution in [-0.4, -0.2) is 10.0 Å². The number of phenolic OH excluding ortho intramolecular Hbond substituents is 1. The Bertz CT molecular complexity index is 654. The van der Waals surface area contributed by atoms with Crippen molar-refractivity contribution in [3.63, 3.8) is 0 Å². The third kappa shape index (κ3) is 3.06. The van der Waals surface area contributed by atoms with Crippen molar-refractivity contribution in [3.05, 3.63) is 63.2 Å². The average molecular weight is 272 g/mol. The van der Waals surface area contributed by atoms with E-state index in [4.69, 9.17) is 0 Å². The molecular weight excluding hydrogens is 256 g/mol. The van der Waals surface area contributed by atoms with Gasteiger partial charge < -0.3 is 10.4 Å². The van der Waals surface area contributed by atoms with Crippen molar-refractivity contribution in [2.24, 2.45) is 0 Å². The lowest BCUT2D eigenvalue weighted by Crippen LogP contribution is -2.03. The number of nitrogens with zero attached hydrogens (tertiary/aromatic N) is 1. The highest BCUT2D eigenvalue weighted by Gasteiger charge is 2.15. The van der Waals surface area contributed by atoms with Gasteiger partial charge in [-0.3, -0.25) is 10.1 Å². The van der Waals surface area contributed by atoms with Gasteiger partial charge in [0.25, 0.3) is 5.69 Å². The van der Waals surface area contributed by atoms with Gasteiger partial charge >= 0.3 is 0 Å². The Balaban J connectivity index is 2.24. The van der Waals surface area contributed by atoms with Gasteiger partial charge in [-0.25, -0.2) is 0 Å². The summed E-state index contributed by atoms with van der Waals surface area (Å²) in [7, 11) is 0. The summed E-state index contributed by atoms with van der Waals surface area (Å²) in [4.78, 5) is 10.7. The summed E-state index contributed by atoms with van der Waals surface area (Å²) in [5.41, 5.74) is 3.29. The predicted octanol–water partition coefficient (Wildman–Crippen LogP) is 3.53. The lowest BCUT2D eigenvalue weighted by Gasteiger charge is -2.10. The van der Waals surface area contributed by atoms with Gasteiger partial charge in [0.2, 0.25) is 0 Å². The molecule has 0 aliphatic heterocycles. The first-order valence-electron chi connectivity index (χ1n) is 6.25. The molecule has 104 valence electrons. The van der Waals surface area contributed by atoms with E-state index in [1.807, 2.05) is 19.9 Å². The van der Waals surface area contributed by atoms with Crippen LogP contribution in [0.5, 0.6) is 5.75 Å². The molecule has 0 radical (unpaired) electrons. The Morgan fingerprint density at radius 3 is 2.55 bits per heavy atom. The largest absolute Gasteiger partial charge is 0.508 e. The molecule has 0 heterocycles. The van der Waals surface area contributed by atoms with Crippen LogP contribution in [0.2, 0.25) is 0 Å². The minimum atomic E-state index is -0.392. The summed E-state index contributed by atoms with van der Waals surface area (Å²) < 4.78 is 0. The van der Waals surface area contributed by atoms with Crippen molar-refractivity contribution in [2.45, 2.75) is 20.4 Å². The molecule has 0 spiro atoms. The molecule has 0 saturated carbocycles. The maximum atomic E-state index is 11.1. The topological polar surface area (TPSA) is 75.4 Å². The minimum Gasteiger partial charge on any atom is -0.508 e. The Kier molecular flexibility index (Phi) is 3.89. The fourth-order valence-electron chi connectivity index (χ4n) is 1.96. The second-order valence-corrected chi connectivity index (χ2v) is 4.73. The average Bonchev–Trinajstić information content (AvgIpc) is 2.39. The van der Waals surface area contributed by atoms with Crippen LogP contribution in [0.25, 0.3) is 0 Å². The van der Waals surface area contributed by atoms with Gasteiger partial charge in [-0.15, -0.1) is 0 Å². The smallest absolute Gasteiger partial charge is 0.292 e. The first-order valence-corrected chi connectivity index (χ1v) is 6.25. The molecule has 2 rings (SSSR count). The molecule has 2 aromatic carbocycles. The molecule has 2 N–H and O–H groups in total. The summed E-state index contributed by atoms with van der Waals surface area (Å²) >= 11 is 0. The minimum absolute atomic E-state index is 0.0632. The molecule has 0 atom stereocenters. The summed E-state index contributed by atoms with van der Waals surface area (Å²) in [6, 6.07) is 10.1. The van der Waals surface area contributed by atoms with E-state index in [1.54, 1.807) is 30.3 Å². The van der Waals surface area contributed by atoms with Crippen LogP contribution in [0.3, 0.4) is 0 Å². The van der Waals surface area contributed by atoms with Crippen LogP contribution in [0.15, 0.2) is 36.4 Å². The van der Waals surface area contributed by atoms with Crippen molar-refractivity contribution in [1.82, 2.24) is 0 Å². The van der Waals surface area contributed by atoms with Crippen molar-refractivity contribution < 1.29 is 10.0 Å². The summed E-state index contributed by atoms with van der Waals surface area (Å²) in [6.45, 7) is 4.18. The molecule has 20 heavy (non-hydrogen) atoms. The normalized spacial score (nSPS) is 10.3. The number of phenols is 1. The summed E-state index contributed by atoms with van der Waals surface area (Å²) in [5, 5.41) is 23.5. The van der Waals surface area contributed by atoms with Gasteiger partial charge in [0.1, 0.15) is 11.4 Å². The SMILES string of the molecule is Cc1cc(NCc2cccc(O)c2)c([N+](=O)[O-])cc1C. The first-order chi connectivity index (χ1) is 9.47. The third-order valence-electron chi connectivity index (χ3n) is 3.20. The van der Waals surface area contributed by atoms with E-state index in [0.29, 0.717) is 12.2 Å². The Labute approximate surface area is 117 Å². The zero-order valence-electron chi connectivity index (χ0n) is 11.4. The van der Waals surface area contributed by atoms with E-state index in [9.17, 15) is 15.2 Å². The van der Waals surface area contributed by atoms with E-state index >= 15 is 0 Å². The van der Waals surface area contributed by atoms with Gasteiger partial charge in [-0.2, -0.15) is 0 Å². The second-order valence-electron chi connectivity index (χ2n) is 4.73. The zero-order valence-corrected chi connectivity index (χ0v) is 11.4. The van der Waals surface area contributed by atoms with Crippen LogP contribution >= 0.6 is 0 Å². The highest BCUT2D eigenvalue weighted by molar-refractivity contribution is 5.64. The van der Waals surface area contributed by atoms with Crippen LogP contribution < -0.4 is 5.32 Å². The zero-order chi connectivity index (χ0) is 14.7. The number of aromatic hydroxyl groups is 1. The summed E-state index contributed by atoms with van der Waals surface area (Å²) in [6.07, 6.45) is 0. The maximum Gasteiger partial charge on any atom is 0.292 e. The van der Waals surface area contributed by atoms with Crippen LogP contribution in [-0.2, 0) is 6.54 Å². The van der Waals surface area contributed by atoms with E-state index in [0.717, 1.165) is 16.7 Å². The molecular formula is C15H16N2O3. The lowest BCUT2D eigenvalue weighted by molar-refractivity contribution is -0.384. The molecule has 0 saturated heterocycles. The number of rotatable bonds is 4. The molecule has 0 aliphatic rings. The first kappa shape index (κ1) is 13.9. The Morgan fingerprint density at radius 1 is 1.20 bits per heavy atom. The number of hydrogen-bond donors (Lipinski definition) is 2. The highest BCUT2D eigenvalue weighted by Crippen LogP contribution is 2.28. The van der Waals surface area contributed by atoms with E-state index in [1.165, 1.54) is 0 Å². The summed E-state index contributed by atoms with van der Waals surface area (Å²) in [5.74, 6) is 0.180. The maximum absolute atomic E-state index is 11.1. The van der Waals surface area contributed by atoms with Gasteiger partial charge in [0.15, 0.2) is 0 Å². The van der Waals surface area contributed by atoms with E-state index < -0.39 is 4.92 Å². The molecule has 0 bridgehead atoms. The molecule has 5 heteroatoms. The standard InChI is InChI=1S/C15H16N2O3/c1-10-6-14(15(17(19)20)7-11(10)2)16-9-12-4-3-5-13(18)8-12/h3-8,16,18H,9H2,1-2H3. The van der Waals surface area contributed by atoms with Crippen LogP contribution in [0, 0.1) is 24.0 Å². The third-order valence-corrected chi connectivity index (χ3v) is 3.20. The monoisotopic (exact) mass is 272 g/mol. The fraction of sp³-hybridized carbons (Fsp3) is 0.200. The lowest BCUT2D eigenvalue weighted by atomic mass is 10.1. The number of nitro benzene ring substituents is 1. The van der Waals surface area contributed by atoms with Crippen molar-refractivity contribution in [2.75, 3.05) is 5.32 Å². The molecule has 0 aliphatic carbocycles. The number of nitro groups is 1. The van der Waals surface area contributed by atoms with Gasteiger partial charge in [-0.1, -0.05) is 12.1 Å². The van der Waals surface area contributed by atoms with Gasteiger partial charge in [-0.05, 0) is 48.7 Å². The number of benzene rings is 2. The number of aryl methyl sites for hydroxylation is 2. The molecule has 0 unspecified atom stereocenters. The van der Waals surface area contributed by atoms with E-state index in [-0.39, 0.29) is 11.4 Å². The number of hydrogen-bond acceptors (Lipinski definition) is 4. The van der Waals surface area contributed by atoms with Gasteiger partial charge in [0.05, 0.1) is 4.92 Å². The quantitative estimate of drug-likeness (QED) is 0.659.